The Morgan fingerprint density at radius 2 is 2.06 bits per heavy atom. The van der Waals surface area contributed by atoms with Gasteiger partial charge in [-0.15, -0.1) is 0 Å². The van der Waals surface area contributed by atoms with Crippen molar-refractivity contribution in [1.82, 2.24) is 0 Å². The number of benzene rings is 1. The molecule has 2 N–H and O–H groups in total. The summed E-state index contributed by atoms with van der Waals surface area (Å²) in [6, 6.07) is 3.44. The molecule has 0 saturated heterocycles. The maximum absolute atomic E-state index is 13.9. The van der Waals surface area contributed by atoms with Crippen molar-refractivity contribution >= 4 is 6.08 Å². The summed E-state index contributed by atoms with van der Waals surface area (Å²) in [6.45, 7) is 6.32. The van der Waals surface area contributed by atoms with E-state index >= 15 is 0 Å². The van der Waals surface area contributed by atoms with Crippen LogP contribution in [-0.4, -0.2) is 0 Å². The van der Waals surface area contributed by atoms with Crippen molar-refractivity contribution in [3.8, 4) is 0 Å². The summed E-state index contributed by atoms with van der Waals surface area (Å²) in [4.78, 5) is 0. The number of nitrogens with two attached hydrogens (primary N) is 1. The summed E-state index contributed by atoms with van der Waals surface area (Å²) < 4.78 is 13.9. The fraction of sp³-hybridized carbons (Fsp3) is 0.467. The van der Waals surface area contributed by atoms with Gasteiger partial charge in [-0.3, -0.25) is 0 Å². The van der Waals surface area contributed by atoms with Crippen LogP contribution in [0, 0.1) is 11.2 Å². The predicted octanol–water partition coefficient (Wildman–Crippen LogP) is 3.83. The molecule has 0 heterocycles. The number of fused-ring (bicyclic) bond motifs is 1. The van der Waals surface area contributed by atoms with Crippen molar-refractivity contribution in [1.29, 1.82) is 0 Å². The van der Waals surface area contributed by atoms with Gasteiger partial charge in [0.1, 0.15) is 5.82 Å². The monoisotopic (exact) mass is 233 g/mol. The first-order valence-corrected chi connectivity index (χ1v) is 6.14. The van der Waals surface area contributed by atoms with Crippen LogP contribution < -0.4 is 5.73 Å². The Morgan fingerprint density at radius 3 is 2.71 bits per heavy atom. The van der Waals surface area contributed by atoms with Gasteiger partial charge >= 0.3 is 0 Å². The molecule has 1 aromatic rings. The van der Waals surface area contributed by atoms with E-state index in [0.29, 0.717) is 0 Å². The molecule has 1 aliphatic carbocycles. The van der Waals surface area contributed by atoms with E-state index in [4.69, 9.17) is 5.73 Å². The fourth-order valence-electron chi connectivity index (χ4n) is 2.25. The molecule has 1 atom stereocenters. The van der Waals surface area contributed by atoms with Gasteiger partial charge in [-0.25, -0.2) is 4.39 Å². The normalized spacial score (nSPS) is 19.9. The van der Waals surface area contributed by atoms with Crippen molar-refractivity contribution in [3.05, 3.63) is 40.7 Å². The lowest BCUT2D eigenvalue weighted by atomic mass is 9.93. The van der Waals surface area contributed by atoms with E-state index in [1.54, 1.807) is 0 Å². The summed E-state index contributed by atoms with van der Waals surface area (Å²) in [6.07, 6.45) is 5.77. The van der Waals surface area contributed by atoms with Gasteiger partial charge in [0.05, 0.1) is 0 Å². The van der Waals surface area contributed by atoms with Crippen LogP contribution in [-0.2, 0) is 6.42 Å². The van der Waals surface area contributed by atoms with Crippen LogP contribution in [0.5, 0.6) is 0 Å². The van der Waals surface area contributed by atoms with Crippen molar-refractivity contribution < 1.29 is 4.39 Å². The van der Waals surface area contributed by atoms with Gasteiger partial charge in [0.25, 0.3) is 0 Å². The molecule has 0 fully saturated rings. The van der Waals surface area contributed by atoms with Crippen LogP contribution in [0.15, 0.2) is 18.2 Å². The molecule has 0 bridgehead atoms. The third kappa shape index (κ3) is 2.58. The van der Waals surface area contributed by atoms with Crippen molar-refractivity contribution in [2.75, 3.05) is 0 Å². The van der Waals surface area contributed by atoms with E-state index in [1.165, 1.54) is 6.07 Å². The summed E-state index contributed by atoms with van der Waals surface area (Å²) in [5, 5.41) is 0. The van der Waals surface area contributed by atoms with E-state index in [-0.39, 0.29) is 17.3 Å². The molecular weight excluding hydrogens is 213 g/mol. The Bertz CT molecular complexity index is 455. The van der Waals surface area contributed by atoms with Crippen LogP contribution in [0.2, 0.25) is 0 Å². The summed E-state index contributed by atoms with van der Waals surface area (Å²) in [5.41, 5.74) is 9.00. The molecule has 1 aliphatic rings. The lowest BCUT2D eigenvalue weighted by Gasteiger charge is -2.13. The van der Waals surface area contributed by atoms with Crippen molar-refractivity contribution in [2.45, 2.75) is 39.7 Å². The van der Waals surface area contributed by atoms with Gasteiger partial charge in [0, 0.05) is 11.6 Å². The first kappa shape index (κ1) is 12.3. The molecule has 92 valence electrons. The molecule has 17 heavy (non-hydrogen) atoms. The summed E-state index contributed by atoms with van der Waals surface area (Å²) in [5.74, 6) is -0.140. The largest absolute Gasteiger partial charge is 0.324 e. The van der Waals surface area contributed by atoms with Crippen molar-refractivity contribution in [2.24, 2.45) is 11.1 Å². The standard InChI is InChI=1S/C15H20FN/c1-15(2,3)9-8-11-10-5-7-14(17)12(10)4-6-13(11)16/h4,6,8-9,14H,5,7,17H2,1-3H3. The third-order valence-electron chi connectivity index (χ3n) is 3.19. The molecule has 1 unspecified atom stereocenters. The number of hydrogen-bond donors (Lipinski definition) is 1. The second kappa shape index (κ2) is 4.26. The molecule has 1 nitrogen and oxygen atoms in total. The minimum atomic E-state index is -0.140. The zero-order valence-corrected chi connectivity index (χ0v) is 10.8. The average molecular weight is 233 g/mol. The molecule has 2 rings (SSSR count). The number of rotatable bonds is 1. The highest BCUT2D eigenvalue weighted by molar-refractivity contribution is 5.59. The highest BCUT2D eigenvalue weighted by Crippen LogP contribution is 2.34. The first-order chi connectivity index (χ1) is 7.88. The van der Waals surface area contributed by atoms with Crippen LogP contribution >= 0.6 is 0 Å². The van der Waals surface area contributed by atoms with Gasteiger partial charge < -0.3 is 5.73 Å². The smallest absolute Gasteiger partial charge is 0.130 e. The molecular formula is C15H20FN. The number of halogens is 1. The molecule has 0 aromatic heterocycles. The van der Waals surface area contributed by atoms with Gasteiger partial charge in [0.2, 0.25) is 0 Å². The Kier molecular flexibility index (Phi) is 3.09. The molecule has 0 aliphatic heterocycles. The maximum Gasteiger partial charge on any atom is 0.130 e. The topological polar surface area (TPSA) is 26.0 Å². The van der Waals surface area contributed by atoms with E-state index in [2.05, 4.69) is 26.8 Å². The SMILES string of the molecule is CC(C)(C)C=Cc1c(F)ccc2c1CCC2N. The van der Waals surface area contributed by atoms with Crippen LogP contribution in [0.4, 0.5) is 4.39 Å². The molecule has 2 heteroatoms. The lowest BCUT2D eigenvalue weighted by molar-refractivity contribution is 0.546. The molecule has 0 radical (unpaired) electrons. The zero-order chi connectivity index (χ0) is 12.6. The molecule has 1 aromatic carbocycles. The third-order valence-corrected chi connectivity index (χ3v) is 3.19. The van der Waals surface area contributed by atoms with Crippen LogP contribution in [0.1, 0.15) is 49.9 Å². The van der Waals surface area contributed by atoms with E-state index in [0.717, 1.165) is 29.5 Å². The van der Waals surface area contributed by atoms with E-state index < -0.39 is 0 Å². The summed E-state index contributed by atoms with van der Waals surface area (Å²) >= 11 is 0. The Morgan fingerprint density at radius 1 is 1.35 bits per heavy atom. The van der Waals surface area contributed by atoms with Gasteiger partial charge in [-0.05, 0) is 35.4 Å². The predicted molar refractivity (Wildman–Crippen MR) is 70.1 cm³/mol. The fourth-order valence-corrected chi connectivity index (χ4v) is 2.25. The second-order valence-electron chi connectivity index (χ2n) is 5.87. The Balaban J connectivity index is 2.44. The van der Waals surface area contributed by atoms with Crippen LogP contribution in [0.25, 0.3) is 6.08 Å². The first-order valence-electron chi connectivity index (χ1n) is 6.14. The average Bonchev–Trinajstić information content (AvgIpc) is 2.57. The van der Waals surface area contributed by atoms with Gasteiger partial charge in [-0.2, -0.15) is 0 Å². The highest BCUT2D eigenvalue weighted by Gasteiger charge is 2.22. The zero-order valence-electron chi connectivity index (χ0n) is 10.8. The molecule has 0 amide bonds. The lowest BCUT2D eigenvalue weighted by Crippen LogP contribution is -2.05. The van der Waals surface area contributed by atoms with Crippen LogP contribution in [0.3, 0.4) is 0 Å². The maximum atomic E-state index is 13.9. The van der Waals surface area contributed by atoms with Crippen molar-refractivity contribution in [3.63, 3.8) is 0 Å². The highest BCUT2D eigenvalue weighted by atomic mass is 19.1. The van der Waals surface area contributed by atoms with Gasteiger partial charge in [0.15, 0.2) is 0 Å². The van der Waals surface area contributed by atoms with E-state index in [1.807, 2.05) is 12.1 Å². The number of hydrogen-bond acceptors (Lipinski definition) is 1. The molecule has 0 spiro atoms. The summed E-state index contributed by atoms with van der Waals surface area (Å²) in [7, 11) is 0. The minimum Gasteiger partial charge on any atom is -0.324 e. The quantitative estimate of drug-likeness (QED) is 0.783. The number of allylic oxidation sites excluding steroid dienone is 1. The van der Waals surface area contributed by atoms with E-state index in [9.17, 15) is 4.39 Å². The second-order valence-corrected chi connectivity index (χ2v) is 5.87. The molecule has 0 saturated carbocycles. The Hall–Kier alpha value is -1.15. The van der Waals surface area contributed by atoms with Gasteiger partial charge in [-0.1, -0.05) is 39.0 Å². The minimum absolute atomic E-state index is 0.0654. The Labute approximate surface area is 103 Å².